The maximum absolute atomic E-state index is 6.10. The molecule has 21 heavy (non-hydrogen) atoms. The molecule has 108 valence electrons. The molecule has 0 saturated carbocycles. The molecular formula is C16H15ClN2O2. The van der Waals surface area contributed by atoms with Gasteiger partial charge < -0.3 is 14.5 Å². The highest BCUT2D eigenvalue weighted by atomic mass is 35.5. The van der Waals surface area contributed by atoms with Crippen molar-refractivity contribution in [2.24, 2.45) is 0 Å². The summed E-state index contributed by atoms with van der Waals surface area (Å²) in [6.45, 7) is 2.52. The minimum absolute atomic E-state index is 0.462. The number of methoxy groups -OCH3 is 1. The third-order valence-corrected chi connectivity index (χ3v) is 3.62. The van der Waals surface area contributed by atoms with Gasteiger partial charge in [0.2, 0.25) is 0 Å². The molecule has 0 saturated heterocycles. The van der Waals surface area contributed by atoms with Crippen molar-refractivity contribution >= 4 is 28.3 Å². The van der Waals surface area contributed by atoms with Crippen molar-refractivity contribution < 1.29 is 9.15 Å². The summed E-state index contributed by atoms with van der Waals surface area (Å²) in [5.74, 6) is 1.54. The normalized spacial score (nSPS) is 10.8. The molecule has 0 fully saturated rings. The van der Waals surface area contributed by atoms with Crippen molar-refractivity contribution in [2.45, 2.75) is 13.5 Å². The van der Waals surface area contributed by atoms with Crippen LogP contribution in [0, 0.1) is 6.92 Å². The first-order valence-electron chi connectivity index (χ1n) is 6.59. The predicted molar refractivity (Wildman–Crippen MR) is 84.1 cm³/mol. The Morgan fingerprint density at radius 1 is 1.33 bits per heavy atom. The average Bonchev–Trinajstić information content (AvgIpc) is 2.89. The van der Waals surface area contributed by atoms with E-state index in [1.165, 1.54) is 0 Å². The van der Waals surface area contributed by atoms with Gasteiger partial charge in [0, 0.05) is 11.6 Å². The van der Waals surface area contributed by atoms with E-state index < -0.39 is 0 Å². The van der Waals surface area contributed by atoms with Crippen LogP contribution in [0.4, 0.5) is 5.69 Å². The van der Waals surface area contributed by atoms with E-state index in [1.807, 2.05) is 37.3 Å². The third-order valence-electron chi connectivity index (χ3n) is 3.33. The zero-order chi connectivity index (χ0) is 14.8. The number of nitrogens with one attached hydrogen (secondary N) is 1. The monoisotopic (exact) mass is 302 g/mol. The highest BCUT2D eigenvalue weighted by Crippen LogP contribution is 2.29. The van der Waals surface area contributed by atoms with Crippen LogP contribution in [-0.4, -0.2) is 12.1 Å². The van der Waals surface area contributed by atoms with E-state index >= 15 is 0 Å². The van der Waals surface area contributed by atoms with Gasteiger partial charge in [-0.25, -0.2) is 4.98 Å². The second-order valence-corrected chi connectivity index (χ2v) is 5.10. The Hall–Kier alpha value is -2.20. The number of nitrogens with zero attached hydrogens (tertiary/aromatic N) is 1. The molecule has 1 aromatic carbocycles. The van der Waals surface area contributed by atoms with Crippen LogP contribution < -0.4 is 10.1 Å². The van der Waals surface area contributed by atoms with E-state index in [0.717, 1.165) is 33.7 Å². The number of furan rings is 1. The van der Waals surface area contributed by atoms with E-state index in [2.05, 4.69) is 10.3 Å². The number of ether oxygens (including phenoxy) is 1. The fraction of sp³-hybridized carbons (Fsp3) is 0.188. The maximum atomic E-state index is 6.10. The number of pyridine rings is 1. The molecule has 0 aliphatic heterocycles. The average molecular weight is 303 g/mol. The third kappa shape index (κ3) is 2.67. The molecule has 1 N–H and O–H groups in total. The predicted octanol–water partition coefficient (Wildman–Crippen LogP) is 4.41. The van der Waals surface area contributed by atoms with Gasteiger partial charge in [0.25, 0.3) is 0 Å². The lowest BCUT2D eigenvalue weighted by molar-refractivity contribution is 0.408. The van der Waals surface area contributed by atoms with Gasteiger partial charge in [-0.3, -0.25) is 0 Å². The fourth-order valence-electron chi connectivity index (χ4n) is 2.25. The van der Waals surface area contributed by atoms with Gasteiger partial charge >= 0.3 is 0 Å². The molecule has 0 atom stereocenters. The molecule has 0 radical (unpaired) electrons. The van der Waals surface area contributed by atoms with E-state index in [1.54, 1.807) is 13.3 Å². The number of benzene rings is 1. The van der Waals surface area contributed by atoms with Crippen molar-refractivity contribution in [1.82, 2.24) is 4.98 Å². The molecule has 0 bridgehead atoms. The standard InChI is InChI=1S/C16H15ClN2O2/c1-10-6-7-18-16(17)14(10)19-9-12-8-11-4-3-5-13(20-2)15(11)21-12/h3-8,19H,9H2,1-2H3. The highest BCUT2D eigenvalue weighted by Gasteiger charge is 2.10. The summed E-state index contributed by atoms with van der Waals surface area (Å²) in [7, 11) is 1.63. The Morgan fingerprint density at radius 3 is 2.95 bits per heavy atom. The van der Waals surface area contributed by atoms with Crippen molar-refractivity contribution in [3.05, 3.63) is 53.0 Å². The highest BCUT2D eigenvalue weighted by molar-refractivity contribution is 6.32. The van der Waals surface area contributed by atoms with Gasteiger partial charge in [0.1, 0.15) is 5.76 Å². The molecule has 0 unspecified atom stereocenters. The van der Waals surface area contributed by atoms with Crippen molar-refractivity contribution in [2.75, 3.05) is 12.4 Å². The molecule has 2 heterocycles. The summed E-state index contributed by atoms with van der Waals surface area (Å²) in [5, 5.41) is 4.74. The number of aromatic nitrogens is 1. The first kappa shape index (κ1) is 13.8. The zero-order valence-corrected chi connectivity index (χ0v) is 12.6. The lowest BCUT2D eigenvalue weighted by Crippen LogP contribution is -2.01. The van der Waals surface area contributed by atoms with Gasteiger partial charge in [-0.15, -0.1) is 0 Å². The number of anilines is 1. The van der Waals surface area contributed by atoms with Gasteiger partial charge in [-0.1, -0.05) is 23.7 Å². The second kappa shape index (κ2) is 5.66. The Morgan fingerprint density at radius 2 is 2.19 bits per heavy atom. The van der Waals surface area contributed by atoms with Crippen LogP contribution in [0.15, 0.2) is 40.9 Å². The zero-order valence-electron chi connectivity index (χ0n) is 11.8. The maximum Gasteiger partial charge on any atom is 0.176 e. The van der Waals surface area contributed by atoms with Gasteiger partial charge in [0.05, 0.1) is 19.3 Å². The Labute approximate surface area is 127 Å². The van der Waals surface area contributed by atoms with Crippen molar-refractivity contribution in [3.8, 4) is 5.75 Å². The number of halogens is 1. The topological polar surface area (TPSA) is 47.3 Å². The fourth-order valence-corrected chi connectivity index (χ4v) is 2.52. The molecule has 0 aliphatic rings. The number of hydrogen-bond acceptors (Lipinski definition) is 4. The summed E-state index contributed by atoms with van der Waals surface area (Å²) in [6, 6.07) is 9.72. The number of hydrogen-bond donors (Lipinski definition) is 1. The van der Waals surface area contributed by atoms with Crippen LogP contribution in [0.1, 0.15) is 11.3 Å². The number of aryl methyl sites for hydroxylation is 1. The number of para-hydroxylation sites is 1. The van der Waals surface area contributed by atoms with Crippen molar-refractivity contribution in [1.29, 1.82) is 0 Å². The Bertz CT molecular complexity index is 763. The quantitative estimate of drug-likeness (QED) is 0.725. The van der Waals surface area contributed by atoms with E-state index in [9.17, 15) is 0 Å². The Balaban J connectivity index is 1.86. The van der Waals surface area contributed by atoms with Crippen LogP contribution in [0.5, 0.6) is 5.75 Å². The summed E-state index contributed by atoms with van der Waals surface area (Å²) >= 11 is 6.10. The molecule has 0 amide bonds. The molecule has 4 nitrogen and oxygen atoms in total. The van der Waals surface area contributed by atoms with Crippen LogP contribution >= 0.6 is 11.6 Å². The molecule has 3 aromatic rings. The largest absolute Gasteiger partial charge is 0.493 e. The van der Waals surface area contributed by atoms with E-state index in [-0.39, 0.29) is 0 Å². The molecular weight excluding hydrogens is 288 g/mol. The minimum atomic E-state index is 0.462. The van der Waals surface area contributed by atoms with Gasteiger partial charge in [0.15, 0.2) is 16.5 Å². The van der Waals surface area contributed by atoms with Crippen molar-refractivity contribution in [3.63, 3.8) is 0 Å². The van der Waals surface area contributed by atoms with Gasteiger partial charge in [-0.05, 0) is 30.7 Å². The first-order valence-corrected chi connectivity index (χ1v) is 6.97. The minimum Gasteiger partial charge on any atom is -0.493 e. The molecule has 0 spiro atoms. The number of rotatable bonds is 4. The number of fused-ring (bicyclic) bond motifs is 1. The van der Waals surface area contributed by atoms with Crippen LogP contribution in [0.25, 0.3) is 11.0 Å². The summed E-state index contributed by atoms with van der Waals surface area (Å²) in [5.41, 5.74) is 2.63. The molecule has 2 aromatic heterocycles. The summed E-state index contributed by atoms with van der Waals surface area (Å²) in [6.07, 6.45) is 1.69. The smallest absolute Gasteiger partial charge is 0.176 e. The van der Waals surface area contributed by atoms with Crippen LogP contribution in [-0.2, 0) is 6.54 Å². The molecule has 5 heteroatoms. The first-order chi connectivity index (χ1) is 10.2. The Kier molecular flexibility index (Phi) is 3.71. The molecule has 3 rings (SSSR count). The lowest BCUT2D eigenvalue weighted by atomic mass is 10.2. The van der Waals surface area contributed by atoms with Crippen LogP contribution in [0.3, 0.4) is 0 Å². The van der Waals surface area contributed by atoms with E-state index in [4.69, 9.17) is 20.8 Å². The van der Waals surface area contributed by atoms with Gasteiger partial charge in [-0.2, -0.15) is 0 Å². The summed E-state index contributed by atoms with van der Waals surface area (Å²) in [4.78, 5) is 4.07. The molecule has 0 aliphatic carbocycles. The van der Waals surface area contributed by atoms with Crippen LogP contribution in [0.2, 0.25) is 5.15 Å². The second-order valence-electron chi connectivity index (χ2n) is 4.74. The van der Waals surface area contributed by atoms with E-state index in [0.29, 0.717) is 11.7 Å². The summed E-state index contributed by atoms with van der Waals surface area (Å²) < 4.78 is 11.1. The lowest BCUT2D eigenvalue weighted by Gasteiger charge is -2.08. The SMILES string of the molecule is COc1cccc2cc(CNc3c(C)ccnc3Cl)oc12.